The highest BCUT2D eigenvalue weighted by Crippen LogP contribution is 2.30. The summed E-state index contributed by atoms with van der Waals surface area (Å²) in [5.74, 6) is 0.511. The number of carbonyl (C=O) groups excluding carboxylic acids is 1. The Hall–Kier alpha value is -1.72. The van der Waals surface area contributed by atoms with Crippen LogP contribution in [0.5, 0.6) is 0 Å². The Labute approximate surface area is 122 Å². The fourth-order valence-corrected chi connectivity index (χ4v) is 2.53. The number of carbonyl (C=O) groups is 1. The number of likely N-dealkylation sites (tertiary alicyclic amines) is 1. The number of nitrogens with one attached hydrogen (secondary N) is 1. The zero-order valence-electron chi connectivity index (χ0n) is 11.9. The molecule has 0 bridgehead atoms. The lowest BCUT2D eigenvalue weighted by atomic mass is 9.96. The minimum absolute atomic E-state index is 0.243. The molecule has 6 heteroatoms. The van der Waals surface area contributed by atoms with Gasteiger partial charge in [-0.25, -0.2) is 4.79 Å². The first-order chi connectivity index (χ1) is 9.90. The topological polar surface area (TPSA) is 32.3 Å². The van der Waals surface area contributed by atoms with Crippen LogP contribution in [0, 0.1) is 5.92 Å². The SMILES string of the molecule is CC[C@@H]1CCCN(C(=O)Nc2ccc(C(F)(F)F)cc2)C1. The second-order valence-electron chi connectivity index (χ2n) is 5.37. The molecule has 1 atom stereocenters. The smallest absolute Gasteiger partial charge is 0.324 e. The van der Waals surface area contributed by atoms with E-state index in [2.05, 4.69) is 12.2 Å². The molecule has 0 spiro atoms. The van der Waals surface area contributed by atoms with Crippen molar-refractivity contribution in [2.24, 2.45) is 5.92 Å². The summed E-state index contributed by atoms with van der Waals surface area (Å²) in [7, 11) is 0. The molecule has 1 fully saturated rings. The van der Waals surface area contributed by atoms with Crippen molar-refractivity contribution in [3.8, 4) is 0 Å². The van der Waals surface area contributed by atoms with Crippen LogP contribution in [0.1, 0.15) is 31.7 Å². The number of piperidine rings is 1. The predicted octanol–water partition coefficient (Wildman–Crippen LogP) is 4.36. The molecule has 0 radical (unpaired) electrons. The molecule has 0 unspecified atom stereocenters. The van der Waals surface area contributed by atoms with Crippen LogP contribution < -0.4 is 5.32 Å². The fraction of sp³-hybridized carbons (Fsp3) is 0.533. The quantitative estimate of drug-likeness (QED) is 0.864. The number of benzene rings is 1. The number of rotatable bonds is 2. The van der Waals surface area contributed by atoms with Gasteiger partial charge >= 0.3 is 12.2 Å². The van der Waals surface area contributed by atoms with Gasteiger partial charge in [0.05, 0.1) is 5.56 Å². The lowest BCUT2D eigenvalue weighted by Gasteiger charge is -2.32. The summed E-state index contributed by atoms with van der Waals surface area (Å²) >= 11 is 0. The Morgan fingerprint density at radius 1 is 1.33 bits per heavy atom. The molecule has 116 valence electrons. The average molecular weight is 300 g/mol. The van der Waals surface area contributed by atoms with Crippen molar-refractivity contribution in [3.05, 3.63) is 29.8 Å². The highest BCUT2D eigenvalue weighted by molar-refractivity contribution is 5.89. The van der Waals surface area contributed by atoms with Gasteiger partial charge in [-0.05, 0) is 43.0 Å². The largest absolute Gasteiger partial charge is 0.416 e. The van der Waals surface area contributed by atoms with E-state index in [-0.39, 0.29) is 6.03 Å². The van der Waals surface area contributed by atoms with Gasteiger partial charge in [0, 0.05) is 18.8 Å². The van der Waals surface area contributed by atoms with Crippen molar-refractivity contribution in [2.45, 2.75) is 32.4 Å². The van der Waals surface area contributed by atoms with Gasteiger partial charge in [0.1, 0.15) is 0 Å². The van der Waals surface area contributed by atoms with Gasteiger partial charge in [-0.2, -0.15) is 13.2 Å². The Bertz CT molecular complexity index is 485. The maximum absolute atomic E-state index is 12.5. The summed E-state index contributed by atoms with van der Waals surface area (Å²) in [6, 6.07) is 4.26. The van der Waals surface area contributed by atoms with Crippen LogP contribution in [0.4, 0.5) is 23.7 Å². The second-order valence-corrected chi connectivity index (χ2v) is 5.37. The van der Waals surface area contributed by atoms with Crippen LogP contribution in [0.25, 0.3) is 0 Å². The molecule has 1 heterocycles. The highest BCUT2D eigenvalue weighted by Gasteiger charge is 2.30. The number of alkyl halides is 3. The summed E-state index contributed by atoms with van der Waals surface area (Å²) in [6.45, 7) is 3.51. The zero-order chi connectivity index (χ0) is 15.5. The third kappa shape index (κ3) is 4.12. The Kier molecular flexibility index (Phi) is 4.75. The molecule has 1 aliphatic rings. The van der Waals surface area contributed by atoms with Gasteiger partial charge in [0.25, 0.3) is 0 Å². The molecular formula is C15H19F3N2O. The molecule has 0 saturated carbocycles. The minimum Gasteiger partial charge on any atom is -0.324 e. The third-order valence-electron chi connectivity index (χ3n) is 3.85. The summed E-state index contributed by atoms with van der Waals surface area (Å²) in [4.78, 5) is 13.8. The lowest BCUT2D eigenvalue weighted by molar-refractivity contribution is -0.137. The van der Waals surface area contributed by atoms with Crippen LogP contribution in [-0.2, 0) is 6.18 Å². The summed E-state index contributed by atoms with van der Waals surface area (Å²) < 4.78 is 37.4. The number of anilines is 1. The molecule has 1 aromatic rings. The monoisotopic (exact) mass is 300 g/mol. The predicted molar refractivity (Wildman–Crippen MR) is 75.1 cm³/mol. The lowest BCUT2D eigenvalue weighted by Crippen LogP contribution is -2.42. The van der Waals surface area contributed by atoms with Gasteiger partial charge in [0.2, 0.25) is 0 Å². The summed E-state index contributed by atoms with van der Waals surface area (Å²) in [5, 5.41) is 2.65. The normalized spacial score (nSPS) is 19.4. The zero-order valence-corrected chi connectivity index (χ0v) is 11.9. The summed E-state index contributed by atoms with van der Waals surface area (Å²) in [6.07, 6.45) is -1.23. The average Bonchev–Trinajstić information content (AvgIpc) is 2.47. The van der Waals surface area contributed by atoms with Crippen LogP contribution in [0.3, 0.4) is 0 Å². The fourth-order valence-electron chi connectivity index (χ4n) is 2.53. The van der Waals surface area contributed by atoms with Gasteiger partial charge < -0.3 is 10.2 Å². The standard InChI is InChI=1S/C15H19F3N2O/c1-2-11-4-3-9-20(10-11)14(21)19-13-7-5-12(6-8-13)15(16,17)18/h5-8,11H,2-4,9-10H2,1H3,(H,19,21)/t11-/m1/s1. The molecule has 1 N–H and O–H groups in total. The van der Waals surface area contributed by atoms with E-state index in [0.717, 1.165) is 31.4 Å². The molecule has 1 saturated heterocycles. The molecular weight excluding hydrogens is 281 g/mol. The van der Waals surface area contributed by atoms with Crippen LogP contribution in [0.15, 0.2) is 24.3 Å². The van der Waals surface area contributed by atoms with Crippen molar-refractivity contribution in [1.82, 2.24) is 4.90 Å². The van der Waals surface area contributed by atoms with E-state index in [1.165, 1.54) is 12.1 Å². The number of nitrogens with zero attached hydrogens (tertiary/aromatic N) is 1. The van der Waals surface area contributed by atoms with E-state index >= 15 is 0 Å². The third-order valence-corrected chi connectivity index (χ3v) is 3.85. The molecule has 0 aromatic heterocycles. The van der Waals surface area contributed by atoms with Crippen molar-refractivity contribution in [3.63, 3.8) is 0 Å². The van der Waals surface area contributed by atoms with E-state index in [1.807, 2.05) is 0 Å². The number of hydrogen-bond donors (Lipinski definition) is 1. The highest BCUT2D eigenvalue weighted by atomic mass is 19.4. The molecule has 3 nitrogen and oxygen atoms in total. The van der Waals surface area contributed by atoms with E-state index in [4.69, 9.17) is 0 Å². The summed E-state index contributed by atoms with van der Waals surface area (Å²) in [5.41, 5.74) is -0.337. The first-order valence-corrected chi connectivity index (χ1v) is 7.13. The Morgan fingerprint density at radius 2 is 2.00 bits per heavy atom. The van der Waals surface area contributed by atoms with Gasteiger partial charge in [-0.15, -0.1) is 0 Å². The van der Waals surface area contributed by atoms with E-state index in [9.17, 15) is 18.0 Å². The second kappa shape index (κ2) is 6.37. The van der Waals surface area contributed by atoms with Gasteiger partial charge in [-0.1, -0.05) is 13.3 Å². The molecule has 2 rings (SSSR count). The van der Waals surface area contributed by atoms with Crippen molar-refractivity contribution in [1.29, 1.82) is 0 Å². The van der Waals surface area contributed by atoms with E-state index in [1.54, 1.807) is 4.90 Å². The minimum atomic E-state index is -4.36. The molecule has 2 amide bonds. The van der Waals surface area contributed by atoms with Gasteiger partial charge in [-0.3, -0.25) is 0 Å². The Morgan fingerprint density at radius 3 is 2.57 bits per heavy atom. The van der Waals surface area contributed by atoms with Crippen LogP contribution in [-0.4, -0.2) is 24.0 Å². The number of halogens is 3. The molecule has 1 aliphatic heterocycles. The number of urea groups is 1. The number of amides is 2. The van der Waals surface area contributed by atoms with Crippen LogP contribution >= 0.6 is 0 Å². The molecule has 21 heavy (non-hydrogen) atoms. The van der Waals surface area contributed by atoms with Crippen LogP contribution in [0.2, 0.25) is 0 Å². The first kappa shape index (κ1) is 15.7. The van der Waals surface area contributed by atoms with Gasteiger partial charge in [0.15, 0.2) is 0 Å². The number of hydrogen-bond acceptors (Lipinski definition) is 1. The molecule has 0 aliphatic carbocycles. The maximum Gasteiger partial charge on any atom is 0.416 e. The molecule has 1 aromatic carbocycles. The first-order valence-electron chi connectivity index (χ1n) is 7.13. The van der Waals surface area contributed by atoms with Crippen molar-refractivity contribution in [2.75, 3.05) is 18.4 Å². The van der Waals surface area contributed by atoms with E-state index < -0.39 is 11.7 Å². The maximum atomic E-state index is 12.5. The van der Waals surface area contributed by atoms with Crippen molar-refractivity contribution >= 4 is 11.7 Å². The van der Waals surface area contributed by atoms with Crippen molar-refractivity contribution < 1.29 is 18.0 Å². The Balaban J connectivity index is 1.96. The van der Waals surface area contributed by atoms with E-state index in [0.29, 0.717) is 24.7 Å².